The molecule has 1 fully saturated rings. The van der Waals surface area contributed by atoms with Crippen molar-refractivity contribution >= 4 is 40.8 Å². The van der Waals surface area contributed by atoms with Crippen molar-refractivity contribution in [2.24, 2.45) is 12.8 Å². The number of Topliss-reactive ketones (excluding diaryl/α,β-unsaturated/α-hetero) is 1. The smallest absolute Gasteiger partial charge is 0.181 e. The van der Waals surface area contributed by atoms with Crippen LogP contribution in [0.25, 0.3) is 11.1 Å². The second-order valence-corrected chi connectivity index (χ2v) is 11.3. The summed E-state index contributed by atoms with van der Waals surface area (Å²) in [6, 6.07) is 13.5. The molecule has 9 nitrogen and oxygen atoms in total. The standard InChI is InChI=1S/C28H28ClN7O2S/c1-16(37)23-26(36-12-10-28(11-13-36)24(30)19-6-3-4-8-20(19)38-28)34-25(31)27(33-23)39-21-9-5-7-18(22(21)29)17-14-32-35(2)15-17/h3-9,14-15,24H,10-13,30H2,1-2H3,(H2,31,34)/t24-/m1/s1. The van der Waals surface area contributed by atoms with E-state index in [1.807, 2.05) is 55.7 Å². The molecule has 1 saturated heterocycles. The second-order valence-electron chi connectivity index (χ2n) is 9.93. The van der Waals surface area contributed by atoms with Crippen molar-refractivity contribution in [2.75, 3.05) is 23.7 Å². The Labute approximate surface area is 235 Å². The molecule has 11 heteroatoms. The summed E-state index contributed by atoms with van der Waals surface area (Å²) in [5, 5.41) is 5.22. The van der Waals surface area contributed by atoms with Gasteiger partial charge in [0.1, 0.15) is 22.1 Å². The fourth-order valence-corrected chi connectivity index (χ4v) is 6.53. The van der Waals surface area contributed by atoms with Gasteiger partial charge in [-0.3, -0.25) is 9.48 Å². The summed E-state index contributed by atoms with van der Waals surface area (Å²) in [6.07, 6.45) is 5.04. The largest absolute Gasteiger partial charge is 0.485 e. The Balaban J connectivity index is 1.25. The number of aryl methyl sites for hydroxylation is 1. The predicted octanol–water partition coefficient (Wildman–Crippen LogP) is 4.90. The van der Waals surface area contributed by atoms with Gasteiger partial charge in [0.05, 0.1) is 17.3 Å². The number of aromatic nitrogens is 4. The minimum absolute atomic E-state index is 0.184. The summed E-state index contributed by atoms with van der Waals surface area (Å²) in [4.78, 5) is 24.9. The molecule has 1 atom stereocenters. The highest BCUT2D eigenvalue weighted by Crippen LogP contribution is 2.47. The fourth-order valence-electron chi connectivity index (χ4n) is 5.34. The van der Waals surface area contributed by atoms with E-state index in [0.29, 0.717) is 41.8 Å². The molecule has 2 aromatic carbocycles. The van der Waals surface area contributed by atoms with E-state index in [0.717, 1.165) is 27.3 Å². The van der Waals surface area contributed by atoms with E-state index < -0.39 is 5.60 Å². The molecule has 4 N–H and O–H groups in total. The minimum atomic E-state index is -0.471. The van der Waals surface area contributed by atoms with Crippen LogP contribution >= 0.6 is 23.4 Å². The molecular formula is C28H28ClN7O2S. The minimum Gasteiger partial charge on any atom is -0.485 e. The number of hydrogen-bond acceptors (Lipinski definition) is 9. The zero-order valence-corrected chi connectivity index (χ0v) is 23.2. The van der Waals surface area contributed by atoms with E-state index in [2.05, 4.69) is 20.0 Å². The molecule has 6 rings (SSSR count). The number of benzene rings is 2. The molecule has 1 spiro atoms. The molecule has 2 aromatic heterocycles. The highest BCUT2D eigenvalue weighted by molar-refractivity contribution is 7.99. The molecular weight excluding hydrogens is 534 g/mol. The third kappa shape index (κ3) is 4.52. The van der Waals surface area contributed by atoms with Crippen LogP contribution < -0.4 is 21.1 Å². The number of carbonyl (C=O) groups is 1. The highest BCUT2D eigenvalue weighted by atomic mass is 35.5. The van der Waals surface area contributed by atoms with Gasteiger partial charge in [0, 0.05) is 67.7 Å². The molecule has 2 aliphatic heterocycles. The van der Waals surface area contributed by atoms with Crippen LogP contribution in [0.2, 0.25) is 5.02 Å². The fraction of sp³-hybridized carbons (Fsp3) is 0.286. The molecule has 0 radical (unpaired) electrons. The Morgan fingerprint density at radius 1 is 1.15 bits per heavy atom. The van der Waals surface area contributed by atoms with E-state index in [4.69, 9.17) is 27.8 Å². The Hall–Kier alpha value is -3.60. The lowest BCUT2D eigenvalue weighted by atomic mass is 9.83. The number of hydrogen-bond donors (Lipinski definition) is 2. The number of ketones is 1. The van der Waals surface area contributed by atoms with Gasteiger partial charge in [0.15, 0.2) is 17.4 Å². The summed E-state index contributed by atoms with van der Waals surface area (Å²) < 4.78 is 8.10. The molecule has 0 amide bonds. The Morgan fingerprint density at radius 3 is 2.62 bits per heavy atom. The molecule has 0 saturated carbocycles. The highest BCUT2D eigenvalue weighted by Gasteiger charge is 2.48. The quantitative estimate of drug-likeness (QED) is 0.327. The van der Waals surface area contributed by atoms with E-state index in [1.54, 1.807) is 10.9 Å². The van der Waals surface area contributed by atoms with Crippen molar-refractivity contribution in [3.05, 3.63) is 71.1 Å². The summed E-state index contributed by atoms with van der Waals surface area (Å²) in [5.74, 6) is 1.39. The van der Waals surface area contributed by atoms with Crippen LogP contribution in [-0.4, -0.2) is 44.2 Å². The van der Waals surface area contributed by atoms with Crippen molar-refractivity contribution in [2.45, 2.75) is 41.3 Å². The maximum absolute atomic E-state index is 12.7. The zero-order valence-electron chi connectivity index (χ0n) is 21.6. The van der Waals surface area contributed by atoms with Gasteiger partial charge >= 0.3 is 0 Å². The number of para-hydroxylation sites is 1. The van der Waals surface area contributed by atoms with Crippen LogP contribution in [0.15, 0.2) is 64.8 Å². The molecule has 0 bridgehead atoms. The second kappa shape index (κ2) is 9.86. The first-order valence-corrected chi connectivity index (χ1v) is 13.9. The first kappa shape index (κ1) is 25.7. The number of halogens is 1. The zero-order chi connectivity index (χ0) is 27.3. The van der Waals surface area contributed by atoms with Gasteiger partial charge in [-0.1, -0.05) is 53.7 Å². The number of ether oxygens (including phenoxy) is 1. The average Bonchev–Trinajstić information content (AvgIpc) is 3.47. The molecule has 4 heterocycles. The number of anilines is 2. The Morgan fingerprint density at radius 2 is 1.92 bits per heavy atom. The van der Waals surface area contributed by atoms with Crippen molar-refractivity contribution in [3.8, 4) is 16.9 Å². The maximum Gasteiger partial charge on any atom is 0.181 e. The third-order valence-corrected chi connectivity index (χ3v) is 9.01. The van der Waals surface area contributed by atoms with E-state index in [9.17, 15) is 4.79 Å². The van der Waals surface area contributed by atoms with Gasteiger partial charge in [0.25, 0.3) is 0 Å². The first-order chi connectivity index (χ1) is 18.8. The first-order valence-electron chi connectivity index (χ1n) is 12.7. The van der Waals surface area contributed by atoms with Crippen LogP contribution in [0.3, 0.4) is 0 Å². The van der Waals surface area contributed by atoms with E-state index >= 15 is 0 Å². The monoisotopic (exact) mass is 561 g/mol. The lowest BCUT2D eigenvalue weighted by Crippen LogP contribution is -2.52. The molecule has 39 heavy (non-hydrogen) atoms. The average molecular weight is 562 g/mol. The van der Waals surface area contributed by atoms with Crippen LogP contribution in [-0.2, 0) is 7.05 Å². The lowest BCUT2D eigenvalue weighted by Gasteiger charge is -2.41. The third-order valence-electron chi connectivity index (χ3n) is 7.43. The molecule has 0 unspecified atom stereocenters. The van der Waals surface area contributed by atoms with Gasteiger partial charge in [0.2, 0.25) is 0 Å². The van der Waals surface area contributed by atoms with Gasteiger partial charge in [-0.05, 0) is 12.1 Å². The predicted molar refractivity (Wildman–Crippen MR) is 152 cm³/mol. The summed E-state index contributed by atoms with van der Waals surface area (Å²) in [6.45, 7) is 2.72. The molecule has 4 aromatic rings. The van der Waals surface area contributed by atoms with E-state index in [-0.39, 0.29) is 23.3 Å². The lowest BCUT2D eigenvalue weighted by molar-refractivity contribution is 0.0430. The van der Waals surface area contributed by atoms with Gasteiger partial charge in [-0.25, -0.2) is 9.97 Å². The number of rotatable bonds is 5. The van der Waals surface area contributed by atoms with E-state index in [1.165, 1.54) is 18.7 Å². The van der Waals surface area contributed by atoms with Crippen molar-refractivity contribution in [1.82, 2.24) is 19.7 Å². The number of nitrogens with zero attached hydrogens (tertiary/aromatic N) is 5. The molecule has 0 aliphatic carbocycles. The summed E-state index contributed by atoms with van der Waals surface area (Å²) >= 11 is 8.06. The number of piperidine rings is 1. The maximum atomic E-state index is 12.7. The Kier molecular flexibility index (Phi) is 6.49. The van der Waals surface area contributed by atoms with Crippen molar-refractivity contribution < 1.29 is 9.53 Å². The van der Waals surface area contributed by atoms with Crippen molar-refractivity contribution in [3.63, 3.8) is 0 Å². The molecule has 2 aliphatic rings. The van der Waals surface area contributed by atoms with Crippen LogP contribution in [0.5, 0.6) is 5.75 Å². The van der Waals surface area contributed by atoms with Crippen molar-refractivity contribution in [1.29, 1.82) is 0 Å². The van der Waals surface area contributed by atoms with Crippen LogP contribution in [0, 0.1) is 0 Å². The number of nitrogen functional groups attached to an aromatic ring is 1. The van der Waals surface area contributed by atoms with Crippen LogP contribution in [0.1, 0.15) is 41.9 Å². The summed E-state index contributed by atoms with van der Waals surface area (Å²) in [7, 11) is 1.85. The van der Waals surface area contributed by atoms with Gasteiger partial charge in [-0.2, -0.15) is 5.10 Å². The SMILES string of the molecule is CC(=O)c1nc(Sc2cccc(-c3cnn(C)c3)c2Cl)c(N)nc1N1CCC2(CC1)Oc1ccccc1[C@H]2N. The number of nitrogens with two attached hydrogens (primary N) is 2. The topological polar surface area (TPSA) is 125 Å². The summed E-state index contributed by atoms with van der Waals surface area (Å²) in [5.41, 5.74) is 15.6. The van der Waals surface area contributed by atoms with Crippen LogP contribution in [0.4, 0.5) is 11.6 Å². The molecule has 200 valence electrons. The van der Waals surface area contributed by atoms with Gasteiger partial charge < -0.3 is 21.1 Å². The Bertz CT molecular complexity index is 1580. The number of fused-ring (bicyclic) bond motifs is 1. The normalized spacial score (nSPS) is 17.7. The number of carbonyl (C=O) groups excluding carboxylic acids is 1. The van der Waals surface area contributed by atoms with Gasteiger partial charge in [-0.15, -0.1) is 0 Å².